The molecule has 3 nitrogen and oxygen atoms in total. The second-order valence-electron chi connectivity index (χ2n) is 4.93. The third-order valence-electron chi connectivity index (χ3n) is 3.78. The molecule has 1 aromatic rings. The van der Waals surface area contributed by atoms with Crippen LogP contribution in [0.4, 0.5) is 0 Å². The Morgan fingerprint density at radius 2 is 1.94 bits per heavy atom. The first-order valence-electron chi connectivity index (χ1n) is 7.02. The Labute approximate surface area is 119 Å². The summed E-state index contributed by atoms with van der Waals surface area (Å²) >= 11 is 3.68. The molecule has 4 heteroatoms. The maximum Gasteiger partial charge on any atom is 0.0767 e. The third kappa shape index (κ3) is 3.58. The van der Waals surface area contributed by atoms with Crippen molar-refractivity contribution in [1.82, 2.24) is 15.1 Å². The highest BCUT2D eigenvalue weighted by Crippen LogP contribution is 2.22. The Morgan fingerprint density at radius 1 is 1.28 bits per heavy atom. The summed E-state index contributed by atoms with van der Waals surface area (Å²) < 4.78 is 3.27. The number of hydrogen-bond donors (Lipinski definition) is 1. The molecule has 104 valence electrons. The predicted molar refractivity (Wildman–Crippen MR) is 80.7 cm³/mol. The normalized spacial score (nSPS) is 14.8. The van der Waals surface area contributed by atoms with Crippen LogP contribution in [0.1, 0.15) is 52.4 Å². The molecule has 1 N–H and O–H groups in total. The number of aromatic nitrogens is 2. The molecule has 0 fully saturated rings. The van der Waals surface area contributed by atoms with Crippen LogP contribution in [-0.2, 0) is 19.5 Å². The van der Waals surface area contributed by atoms with E-state index in [1.54, 1.807) is 0 Å². The van der Waals surface area contributed by atoms with Crippen LogP contribution < -0.4 is 5.32 Å². The summed E-state index contributed by atoms with van der Waals surface area (Å²) in [5.41, 5.74) is 2.43. The average Bonchev–Trinajstić information content (AvgIpc) is 2.70. The van der Waals surface area contributed by atoms with Crippen LogP contribution in [0.25, 0.3) is 0 Å². The molecule has 0 aliphatic heterocycles. The van der Waals surface area contributed by atoms with Crippen molar-refractivity contribution < 1.29 is 0 Å². The number of hydrogen-bond acceptors (Lipinski definition) is 2. The maximum atomic E-state index is 4.62. The second kappa shape index (κ2) is 7.29. The highest BCUT2D eigenvalue weighted by molar-refractivity contribution is 9.10. The molecule has 1 aromatic heterocycles. The molecule has 0 amide bonds. The van der Waals surface area contributed by atoms with E-state index in [2.05, 4.69) is 65.6 Å². The summed E-state index contributed by atoms with van der Waals surface area (Å²) in [5, 5.41) is 8.23. The van der Waals surface area contributed by atoms with Gasteiger partial charge >= 0.3 is 0 Å². The summed E-state index contributed by atoms with van der Waals surface area (Å²) in [7, 11) is 0. The minimum atomic E-state index is 0.534. The van der Waals surface area contributed by atoms with E-state index in [4.69, 9.17) is 0 Å². The Hall–Kier alpha value is -0.350. The van der Waals surface area contributed by atoms with Crippen LogP contribution in [0.15, 0.2) is 4.47 Å². The van der Waals surface area contributed by atoms with E-state index in [0.29, 0.717) is 12.0 Å². The first-order valence-corrected chi connectivity index (χ1v) is 7.81. The van der Waals surface area contributed by atoms with Crippen molar-refractivity contribution in [3.05, 3.63) is 15.9 Å². The monoisotopic (exact) mass is 315 g/mol. The summed E-state index contributed by atoms with van der Waals surface area (Å²) in [6, 6.07) is 0.534. The molecule has 0 aliphatic carbocycles. The molecular weight excluding hydrogens is 290 g/mol. The zero-order chi connectivity index (χ0) is 13.7. The second-order valence-corrected chi connectivity index (χ2v) is 5.72. The van der Waals surface area contributed by atoms with Crippen molar-refractivity contribution >= 4 is 15.9 Å². The summed E-state index contributed by atoms with van der Waals surface area (Å²) in [6.07, 6.45) is 2.18. The zero-order valence-electron chi connectivity index (χ0n) is 12.3. The van der Waals surface area contributed by atoms with Gasteiger partial charge in [-0.2, -0.15) is 5.10 Å². The van der Waals surface area contributed by atoms with Crippen LogP contribution in [0, 0.1) is 5.92 Å². The van der Waals surface area contributed by atoms with E-state index < -0.39 is 0 Å². The van der Waals surface area contributed by atoms with E-state index in [1.165, 1.54) is 16.6 Å². The van der Waals surface area contributed by atoms with Gasteiger partial charge in [0.15, 0.2) is 0 Å². The Kier molecular flexibility index (Phi) is 6.36. The third-order valence-corrected chi connectivity index (χ3v) is 4.70. The number of aryl methyl sites for hydroxylation is 2. The van der Waals surface area contributed by atoms with E-state index in [0.717, 1.165) is 25.2 Å². The largest absolute Gasteiger partial charge is 0.308 e. The number of nitrogens with one attached hydrogen (secondary N) is 1. The lowest BCUT2D eigenvalue weighted by molar-refractivity contribution is 0.383. The SMILES string of the molecule is CCc1nn(CC)c(CNC(C)C(C)CC)c1Br. The summed E-state index contributed by atoms with van der Waals surface area (Å²) in [4.78, 5) is 0. The quantitative estimate of drug-likeness (QED) is 0.830. The predicted octanol–water partition coefficient (Wildman–Crippen LogP) is 3.75. The smallest absolute Gasteiger partial charge is 0.0767 e. The highest BCUT2D eigenvalue weighted by Gasteiger charge is 2.15. The van der Waals surface area contributed by atoms with Gasteiger partial charge in [0.1, 0.15) is 0 Å². The van der Waals surface area contributed by atoms with Crippen LogP contribution in [0.5, 0.6) is 0 Å². The lowest BCUT2D eigenvalue weighted by atomic mass is 10.0. The lowest BCUT2D eigenvalue weighted by Crippen LogP contribution is -2.32. The van der Waals surface area contributed by atoms with Crippen molar-refractivity contribution in [2.75, 3.05) is 0 Å². The molecular formula is C14H26BrN3. The van der Waals surface area contributed by atoms with E-state index in [9.17, 15) is 0 Å². The number of nitrogens with zero attached hydrogens (tertiary/aromatic N) is 2. The van der Waals surface area contributed by atoms with Crippen LogP contribution in [0.3, 0.4) is 0 Å². The van der Waals surface area contributed by atoms with Gasteiger partial charge in [-0.15, -0.1) is 0 Å². The Bertz CT molecular complexity index is 373. The number of halogens is 1. The van der Waals surface area contributed by atoms with Gasteiger partial charge < -0.3 is 5.32 Å². The molecule has 0 radical (unpaired) electrons. The number of rotatable bonds is 7. The Balaban J connectivity index is 2.74. The summed E-state index contributed by atoms with van der Waals surface area (Å²) in [5.74, 6) is 0.701. The first kappa shape index (κ1) is 15.7. The van der Waals surface area contributed by atoms with E-state index in [1.807, 2.05) is 0 Å². The minimum Gasteiger partial charge on any atom is -0.308 e. The van der Waals surface area contributed by atoms with E-state index >= 15 is 0 Å². The van der Waals surface area contributed by atoms with Gasteiger partial charge in [-0.05, 0) is 42.1 Å². The highest BCUT2D eigenvalue weighted by atomic mass is 79.9. The molecule has 0 aliphatic rings. The molecule has 0 saturated heterocycles. The fraction of sp³-hybridized carbons (Fsp3) is 0.786. The van der Waals surface area contributed by atoms with Gasteiger partial charge in [-0.3, -0.25) is 4.68 Å². The van der Waals surface area contributed by atoms with Gasteiger partial charge in [-0.25, -0.2) is 0 Å². The molecule has 0 spiro atoms. The fourth-order valence-electron chi connectivity index (χ4n) is 2.00. The van der Waals surface area contributed by atoms with Gasteiger partial charge in [0.25, 0.3) is 0 Å². The van der Waals surface area contributed by atoms with Crippen molar-refractivity contribution in [3.63, 3.8) is 0 Å². The standard InChI is InChI=1S/C14H26BrN3/c1-6-10(4)11(5)16-9-13-14(15)12(7-2)17-18(13)8-3/h10-11,16H,6-9H2,1-5H3. The molecule has 18 heavy (non-hydrogen) atoms. The molecule has 1 heterocycles. The van der Waals surface area contributed by atoms with Crippen LogP contribution >= 0.6 is 15.9 Å². The van der Waals surface area contributed by atoms with Gasteiger partial charge in [0, 0.05) is 19.1 Å². The summed E-state index contributed by atoms with van der Waals surface area (Å²) in [6.45, 7) is 12.9. The fourth-order valence-corrected chi connectivity index (χ4v) is 2.70. The molecule has 0 bridgehead atoms. The minimum absolute atomic E-state index is 0.534. The topological polar surface area (TPSA) is 29.9 Å². The molecule has 2 atom stereocenters. The zero-order valence-corrected chi connectivity index (χ0v) is 13.8. The maximum absolute atomic E-state index is 4.62. The van der Waals surface area contributed by atoms with Crippen molar-refractivity contribution in [2.45, 2.75) is 66.6 Å². The molecule has 0 aromatic carbocycles. The van der Waals surface area contributed by atoms with Gasteiger partial charge in [0.05, 0.1) is 15.9 Å². The lowest BCUT2D eigenvalue weighted by Gasteiger charge is -2.20. The van der Waals surface area contributed by atoms with Crippen molar-refractivity contribution in [1.29, 1.82) is 0 Å². The van der Waals surface area contributed by atoms with Crippen LogP contribution in [-0.4, -0.2) is 15.8 Å². The first-order chi connectivity index (χ1) is 8.54. The Morgan fingerprint density at radius 3 is 2.44 bits per heavy atom. The van der Waals surface area contributed by atoms with Crippen molar-refractivity contribution in [3.8, 4) is 0 Å². The van der Waals surface area contributed by atoms with E-state index in [-0.39, 0.29) is 0 Å². The van der Waals surface area contributed by atoms with Gasteiger partial charge in [-0.1, -0.05) is 27.2 Å². The average molecular weight is 316 g/mol. The molecule has 0 saturated carbocycles. The molecule has 2 unspecified atom stereocenters. The van der Waals surface area contributed by atoms with Crippen LogP contribution in [0.2, 0.25) is 0 Å². The van der Waals surface area contributed by atoms with Gasteiger partial charge in [0.2, 0.25) is 0 Å². The molecule has 1 rings (SSSR count). The van der Waals surface area contributed by atoms with Crippen molar-refractivity contribution in [2.24, 2.45) is 5.92 Å².